The molecule has 0 saturated heterocycles. The van der Waals surface area contributed by atoms with Crippen LogP contribution in [0.15, 0.2) is 48.5 Å². The van der Waals surface area contributed by atoms with Crippen LogP contribution in [0.5, 0.6) is 0 Å². The minimum atomic E-state index is -0.413. The van der Waals surface area contributed by atoms with Gasteiger partial charge in [0.05, 0.1) is 0 Å². The average molecular weight is 310 g/mol. The number of ketones is 1. The highest BCUT2D eigenvalue weighted by Crippen LogP contribution is 2.32. The molecular weight excluding hydrogens is 288 g/mol. The first-order chi connectivity index (χ1) is 11.2. The zero-order valence-corrected chi connectivity index (χ0v) is 13.7. The Labute approximate surface area is 137 Å². The second-order valence-electron chi connectivity index (χ2n) is 6.10. The monoisotopic (exact) mass is 310 g/mol. The van der Waals surface area contributed by atoms with Crippen molar-refractivity contribution in [2.75, 3.05) is 14.2 Å². The Kier molecular flexibility index (Phi) is 4.60. The van der Waals surface area contributed by atoms with Gasteiger partial charge < -0.3 is 9.47 Å². The van der Waals surface area contributed by atoms with Crippen LogP contribution < -0.4 is 0 Å². The Morgan fingerprint density at radius 1 is 0.739 bits per heavy atom. The summed E-state index contributed by atoms with van der Waals surface area (Å²) in [5.41, 5.74) is 5.11. The molecule has 0 fully saturated rings. The van der Waals surface area contributed by atoms with Crippen molar-refractivity contribution in [1.82, 2.24) is 0 Å². The fourth-order valence-corrected chi connectivity index (χ4v) is 3.31. The maximum absolute atomic E-state index is 10.9. The van der Waals surface area contributed by atoms with Crippen LogP contribution in [0.3, 0.4) is 0 Å². The van der Waals surface area contributed by atoms with E-state index in [4.69, 9.17) is 9.47 Å². The van der Waals surface area contributed by atoms with E-state index in [9.17, 15) is 4.79 Å². The van der Waals surface area contributed by atoms with Crippen LogP contribution >= 0.6 is 0 Å². The van der Waals surface area contributed by atoms with Gasteiger partial charge in [0.1, 0.15) is 5.78 Å². The van der Waals surface area contributed by atoms with Gasteiger partial charge in [-0.3, -0.25) is 4.79 Å². The van der Waals surface area contributed by atoms with Gasteiger partial charge in [-0.2, -0.15) is 0 Å². The summed E-state index contributed by atoms with van der Waals surface area (Å²) in [6.07, 6.45) is 3.01. The van der Waals surface area contributed by atoms with E-state index < -0.39 is 5.79 Å². The molecule has 0 aliphatic heterocycles. The van der Waals surface area contributed by atoms with E-state index in [-0.39, 0.29) is 0 Å². The standard InChI is InChI=1S/C11H14O2.C9H8O/c1-12-11(13-2)7-9-5-3-4-6-10(9)8-11;10-9-5-7-3-1-2-4-8(7)6-9/h3-6H,7-8H2,1-2H3;1-4H,5-6H2. The predicted molar refractivity (Wildman–Crippen MR) is 89.5 cm³/mol. The third kappa shape index (κ3) is 3.36. The Bertz CT molecular complexity index is 648. The van der Waals surface area contributed by atoms with Crippen LogP contribution in [0.2, 0.25) is 0 Å². The average Bonchev–Trinajstić information content (AvgIpc) is 3.14. The van der Waals surface area contributed by atoms with Crippen LogP contribution in [0.4, 0.5) is 0 Å². The van der Waals surface area contributed by atoms with E-state index >= 15 is 0 Å². The smallest absolute Gasteiger partial charge is 0.175 e. The number of methoxy groups -OCH3 is 2. The number of carbonyl (C=O) groups excluding carboxylic acids is 1. The first-order valence-corrected chi connectivity index (χ1v) is 7.91. The molecule has 0 bridgehead atoms. The van der Waals surface area contributed by atoms with Crippen LogP contribution in [0.1, 0.15) is 22.3 Å². The Morgan fingerprint density at radius 2 is 1.13 bits per heavy atom. The predicted octanol–water partition coefficient (Wildman–Crippen LogP) is 3.13. The number of rotatable bonds is 2. The molecule has 0 aromatic heterocycles. The SMILES string of the molecule is COC1(OC)Cc2ccccc2C1.O=C1Cc2ccccc2C1. The van der Waals surface area contributed by atoms with Gasteiger partial charge in [-0.25, -0.2) is 0 Å². The molecule has 23 heavy (non-hydrogen) atoms. The molecule has 120 valence electrons. The summed E-state index contributed by atoms with van der Waals surface area (Å²) < 4.78 is 10.8. The van der Waals surface area contributed by atoms with Crippen LogP contribution in [0, 0.1) is 0 Å². The van der Waals surface area contributed by atoms with E-state index in [1.807, 2.05) is 24.3 Å². The Hall–Kier alpha value is -1.97. The number of Topliss-reactive ketones (excluding diaryl/α,β-unsaturated/α-hetero) is 1. The molecular formula is C20H22O3. The fraction of sp³-hybridized carbons (Fsp3) is 0.350. The molecule has 0 unspecified atom stereocenters. The lowest BCUT2D eigenvalue weighted by Gasteiger charge is -2.25. The van der Waals surface area contributed by atoms with Gasteiger partial charge in [-0.1, -0.05) is 48.5 Å². The Morgan fingerprint density at radius 3 is 1.52 bits per heavy atom. The third-order valence-corrected chi connectivity index (χ3v) is 4.68. The third-order valence-electron chi connectivity index (χ3n) is 4.68. The van der Waals surface area contributed by atoms with Gasteiger partial charge in [0.15, 0.2) is 5.79 Å². The summed E-state index contributed by atoms with van der Waals surface area (Å²) in [4.78, 5) is 10.9. The summed E-state index contributed by atoms with van der Waals surface area (Å²) in [5, 5.41) is 0. The van der Waals surface area contributed by atoms with Crippen molar-refractivity contribution in [2.45, 2.75) is 31.5 Å². The number of fused-ring (bicyclic) bond motifs is 2. The molecule has 0 saturated carbocycles. The number of ether oxygens (including phenoxy) is 2. The molecule has 0 heterocycles. The van der Waals surface area contributed by atoms with Crippen molar-refractivity contribution in [3.05, 3.63) is 70.8 Å². The molecule has 0 atom stereocenters. The van der Waals surface area contributed by atoms with Gasteiger partial charge in [0.2, 0.25) is 0 Å². The summed E-state index contributed by atoms with van der Waals surface area (Å²) in [6.45, 7) is 0. The molecule has 2 aromatic carbocycles. The van der Waals surface area contributed by atoms with Crippen molar-refractivity contribution in [1.29, 1.82) is 0 Å². The van der Waals surface area contributed by atoms with E-state index in [0.29, 0.717) is 18.6 Å². The Balaban J connectivity index is 0.000000140. The van der Waals surface area contributed by atoms with Crippen LogP contribution in [-0.4, -0.2) is 25.8 Å². The molecule has 2 aromatic rings. The number of carbonyl (C=O) groups is 1. The quantitative estimate of drug-likeness (QED) is 0.800. The number of hydrogen-bond acceptors (Lipinski definition) is 3. The van der Waals surface area contributed by atoms with Gasteiger partial charge in [0, 0.05) is 39.9 Å². The maximum Gasteiger partial charge on any atom is 0.175 e. The molecule has 4 rings (SSSR count). The van der Waals surface area contributed by atoms with Gasteiger partial charge >= 0.3 is 0 Å². The van der Waals surface area contributed by atoms with Crippen LogP contribution in [0.25, 0.3) is 0 Å². The lowest BCUT2D eigenvalue weighted by molar-refractivity contribution is -0.198. The van der Waals surface area contributed by atoms with Crippen molar-refractivity contribution in [2.24, 2.45) is 0 Å². The highest BCUT2D eigenvalue weighted by atomic mass is 16.7. The molecule has 2 aliphatic rings. The second kappa shape index (κ2) is 6.65. The maximum atomic E-state index is 10.9. The van der Waals surface area contributed by atoms with Crippen molar-refractivity contribution < 1.29 is 14.3 Å². The van der Waals surface area contributed by atoms with Crippen molar-refractivity contribution >= 4 is 5.78 Å². The number of benzene rings is 2. The second-order valence-corrected chi connectivity index (χ2v) is 6.10. The molecule has 0 spiro atoms. The van der Waals surface area contributed by atoms with E-state index in [0.717, 1.165) is 12.8 Å². The zero-order chi connectivity index (χ0) is 16.3. The summed E-state index contributed by atoms with van der Waals surface area (Å²) in [6, 6.07) is 16.4. The van der Waals surface area contributed by atoms with E-state index in [1.165, 1.54) is 22.3 Å². The van der Waals surface area contributed by atoms with Crippen molar-refractivity contribution in [3.8, 4) is 0 Å². The highest BCUT2D eigenvalue weighted by molar-refractivity contribution is 5.87. The van der Waals surface area contributed by atoms with E-state index in [2.05, 4.69) is 24.3 Å². The van der Waals surface area contributed by atoms with Crippen molar-refractivity contribution in [3.63, 3.8) is 0 Å². The largest absolute Gasteiger partial charge is 0.353 e. The summed E-state index contributed by atoms with van der Waals surface area (Å²) >= 11 is 0. The molecule has 0 amide bonds. The highest BCUT2D eigenvalue weighted by Gasteiger charge is 2.37. The molecule has 2 aliphatic carbocycles. The molecule has 0 radical (unpaired) electrons. The number of hydrogen-bond donors (Lipinski definition) is 0. The van der Waals surface area contributed by atoms with Gasteiger partial charge in [0.25, 0.3) is 0 Å². The topological polar surface area (TPSA) is 35.5 Å². The van der Waals surface area contributed by atoms with E-state index in [1.54, 1.807) is 14.2 Å². The fourth-order valence-electron chi connectivity index (χ4n) is 3.31. The molecule has 3 nitrogen and oxygen atoms in total. The summed E-state index contributed by atoms with van der Waals surface area (Å²) in [7, 11) is 3.41. The first-order valence-electron chi connectivity index (χ1n) is 7.91. The lowest BCUT2D eigenvalue weighted by Crippen LogP contribution is -2.34. The molecule has 0 N–H and O–H groups in total. The normalized spacial score (nSPS) is 17.2. The summed E-state index contributed by atoms with van der Waals surface area (Å²) in [5.74, 6) is -0.0647. The molecule has 3 heteroatoms. The zero-order valence-electron chi connectivity index (χ0n) is 13.7. The van der Waals surface area contributed by atoms with Crippen LogP contribution in [-0.2, 0) is 40.0 Å². The first kappa shape index (κ1) is 15.9. The van der Waals surface area contributed by atoms with Gasteiger partial charge in [-0.15, -0.1) is 0 Å². The lowest BCUT2D eigenvalue weighted by atomic mass is 10.1. The minimum absolute atomic E-state index is 0.348. The van der Waals surface area contributed by atoms with Gasteiger partial charge in [-0.05, 0) is 22.3 Å². The minimum Gasteiger partial charge on any atom is -0.353 e.